The second kappa shape index (κ2) is 4.79. The minimum Gasteiger partial charge on any atom is -0.369 e. The molecule has 0 rings (SSSR count). The first-order valence-corrected chi connectivity index (χ1v) is 3.92. The molecule has 0 aliphatic rings. The molecule has 0 aromatic rings. The largest absolute Gasteiger partial charge is 0.369 e. The van der Waals surface area contributed by atoms with Gasteiger partial charge in [-0.15, -0.1) is 6.42 Å². The molecule has 1 amide bonds. The monoisotopic (exact) mass is 153 g/mol. The average Bonchev–Trinajstić information content (AvgIpc) is 1.99. The zero-order chi connectivity index (χ0) is 8.85. The predicted octanol–water partition coefficient (Wildman–Crippen LogP) is 1.16. The van der Waals surface area contributed by atoms with Gasteiger partial charge in [0.2, 0.25) is 5.91 Å². The number of nitrogens with two attached hydrogens (primary N) is 1. The van der Waals surface area contributed by atoms with Gasteiger partial charge in [0, 0.05) is 0 Å². The van der Waals surface area contributed by atoms with E-state index in [0.717, 1.165) is 12.8 Å². The minimum absolute atomic E-state index is 0.248. The lowest BCUT2D eigenvalue weighted by atomic mass is 9.88. The Bertz CT molecular complexity index is 165. The van der Waals surface area contributed by atoms with Crippen molar-refractivity contribution in [3.8, 4) is 12.3 Å². The van der Waals surface area contributed by atoms with E-state index in [-0.39, 0.29) is 17.7 Å². The molecule has 62 valence electrons. The van der Waals surface area contributed by atoms with Crippen molar-refractivity contribution in [1.29, 1.82) is 0 Å². The van der Waals surface area contributed by atoms with Gasteiger partial charge in [0.25, 0.3) is 0 Å². The molecule has 1 atom stereocenters. The second-order valence-electron chi connectivity index (χ2n) is 2.62. The quantitative estimate of drug-likeness (QED) is 0.605. The Kier molecular flexibility index (Phi) is 4.36. The fourth-order valence-corrected chi connectivity index (χ4v) is 1.21. The van der Waals surface area contributed by atoms with E-state index in [0.29, 0.717) is 0 Å². The smallest absolute Gasteiger partial charge is 0.232 e. The van der Waals surface area contributed by atoms with Gasteiger partial charge in [-0.1, -0.05) is 32.6 Å². The van der Waals surface area contributed by atoms with Gasteiger partial charge < -0.3 is 5.73 Å². The Morgan fingerprint density at radius 2 is 2.00 bits per heavy atom. The number of primary amides is 1. The second-order valence-corrected chi connectivity index (χ2v) is 2.62. The fourth-order valence-electron chi connectivity index (χ4n) is 1.21. The highest BCUT2D eigenvalue weighted by atomic mass is 16.1. The number of amides is 1. The maximum atomic E-state index is 10.8. The molecule has 2 N–H and O–H groups in total. The SMILES string of the molecule is C#CC(C(N)=O)C(CC)CC. The predicted molar refractivity (Wildman–Crippen MR) is 45.6 cm³/mol. The summed E-state index contributed by atoms with van der Waals surface area (Å²) < 4.78 is 0. The minimum atomic E-state index is -0.384. The van der Waals surface area contributed by atoms with Crippen molar-refractivity contribution in [2.75, 3.05) is 0 Å². The van der Waals surface area contributed by atoms with Crippen LogP contribution in [0.25, 0.3) is 0 Å². The summed E-state index contributed by atoms with van der Waals surface area (Å²) in [5.74, 6) is 1.92. The number of terminal acetylenes is 1. The molecule has 0 aromatic carbocycles. The van der Waals surface area contributed by atoms with Crippen LogP contribution in [0.15, 0.2) is 0 Å². The summed E-state index contributed by atoms with van der Waals surface area (Å²) in [7, 11) is 0. The lowest BCUT2D eigenvalue weighted by Gasteiger charge is -2.16. The van der Waals surface area contributed by atoms with Crippen molar-refractivity contribution in [2.45, 2.75) is 26.7 Å². The summed E-state index contributed by atoms with van der Waals surface area (Å²) in [4.78, 5) is 10.8. The standard InChI is InChI=1S/C9H15NO/c1-4-7(5-2)8(6-3)9(10)11/h3,7-8H,4-5H2,1-2H3,(H2,10,11). The normalized spacial score (nSPS) is 12.5. The molecule has 11 heavy (non-hydrogen) atoms. The van der Waals surface area contributed by atoms with E-state index in [1.165, 1.54) is 0 Å². The van der Waals surface area contributed by atoms with Gasteiger partial charge in [-0.2, -0.15) is 0 Å². The van der Waals surface area contributed by atoms with Gasteiger partial charge >= 0.3 is 0 Å². The highest BCUT2D eigenvalue weighted by molar-refractivity contribution is 5.79. The fraction of sp³-hybridized carbons (Fsp3) is 0.667. The van der Waals surface area contributed by atoms with Gasteiger partial charge in [0.1, 0.15) is 5.92 Å². The molecule has 0 saturated carbocycles. The lowest BCUT2D eigenvalue weighted by Crippen LogP contribution is -2.28. The van der Waals surface area contributed by atoms with E-state index >= 15 is 0 Å². The third kappa shape index (κ3) is 2.63. The van der Waals surface area contributed by atoms with Crippen molar-refractivity contribution < 1.29 is 4.79 Å². The summed E-state index contributed by atoms with van der Waals surface area (Å²) in [6, 6.07) is 0. The topological polar surface area (TPSA) is 43.1 Å². The molecule has 0 aliphatic carbocycles. The Hall–Kier alpha value is -0.970. The number of hydrogen-bond donors (Lipinski definition) is 1. The molecule has 0 aromatic heterocycles. The van der Waals surface area contributed by atoms with Crippen LogP contribution in [0, 0.1) is 24.2 Å². The summed E-state index contributed by atoms with van der Waals surface area (Å²) >= 11 is 0. The van der Waals surface area contributed by atoms with Gasteiger partial charge in [-0.3, -0.25) is 4.79 Å². The van der Waals surface area contributed by atoms with Crippen LogP contribution in [0.3, 0.4) is 0 Å². The van der Waals surface area contributed by atoms with Crippen LogP contribution >= 0.6 is 0 Å². The number of carbonyl (C=O) groups is 1. The molecule has 0 heterocycles. The van der Waals surface area contributed by atoms with Crippen LogP contribution in [-0.4, -0.2) is 5.91 Å². The highest BCUT2D eigenvalue weighted by Gasteiger charge is 2.20. The number of rotatable bonds is 4. The first-order chi connectivity index (χ1) is 5.17. The Morgan fingerprint density at radius 1 is 1.55 bits per heavy atom. The Balaban J connectivity index is 4.24. The lowest BCUT2D eigenvalue weighted by molar-refractivity contribution is -0.121. The van der Waals surface area contributed by atoms with Gasteiger partial charge in [0.15, 0.2) is 0 Å². The number of carbonyl (C=O) groups excluding carboxylic acids is 1. The van der Waals surface area contributed by atoms with Gasteiger partial charge in [-0.25, -0.2) is 0 Å². The average molecular weight is 153 g/mol. The van der Waals surface area contributed by atoms with Gasteiger partial charge in [-0.05, 0) is 5.92 Å². The van der Waals surface area contributed by atoms with Crippen LogP contribution in [0.5, 0.6) is 0 Å². The van der Waals surface area contributed by atoms with Crippen molar-refractivity contribution in [3.05, 3.63) is 0 Å². The van der Waals surface area contributed by atoms with Crippen molar-refractivity contribution >= 4 is 5.91 Å². The van der Waals surface area contributed by atoms with Crippen LogP contribution in [0.4, 0.5) is 0 Å². The Morgan fingerprint density at radius 3 is 2.09 bits per heavy atom. The maximum absolute atomic E-state index is 10.8. The van der Waals surface area contributed by atoms with E-state index in [4.69, 9.17) is 12.2 Å². The van der Waals surface area contributed by atoms with Crippen molar-refractivity contribution in [2.24, 2.45) is 17.6 Å². The molecule has 0 spiro atoms. The molecular weight excluding hydrogens is 138 g/mol. The zero-order valence-electron chi connectivity index (χ0n) is 7.13. The third-order valence-electron chi connectivity index (χ3n) is 2.01. The summed E-state index contributed by atoms with van der Waals surface area (Å²) in [5, 5.41) is 0. The molecule has 1 unspecified atom stereocenters. The molecule has 0 fully saturated rings. The first-order valence-electron chi connectivity index (χ1n) is 3.92. The van der Waals surface area contributed by atoms with E-state index in [1.54, 1.807) is 0 Å². The van der Waals surface area contributed by atoms with Crippen LogP contribution in [-0.2, 0) is 4.79 Å². The zero-order valence-corrected chi connectivity index (χ0v) is 7.13. The highest BCUT2D eigenvalue weighted by Crippen LogP contribution is 2.18. The van der Waals surface area contributed by atoms with E-state index < -0.39 is 0 Å². The molecule has 2 nitrogen and oxygen atoms in total. The number of hydrogen-bond acceptors (Lipinski definition) is 1. The van der Waals surface area contributed by atoms with Gasteiger partial charge in [0.05, 0.1) is 0 Å². The van der Waals surface area contributed by atoms with Crippen molar-refractivity contribution in [1.82, 2.24) is 0 Å². The summed E-state index contributed by atoms with van der Waals surface area (Å²) in [6.45, 7) is 4.03. The molecule has 0 saturated heterocycles. The molecule has 0 radical (unpaired) electrons. The van der Waals surface area contributed by atoms with Crippen LogP contribution < -0.4 is 5.73 Å². The summed E-state index contributed by atoms with van der Waals surface area (Å²) in [6.07, 6.45) is 7.00. The third-order valence-corrected chi connectivity index (χ3v) is 2.01. The van der Waals surface area contributed by atoms with E-state index in [2.05, 4.69) is 5.92 Å². The molecular formula is C9H15NO. The maximum Gasteiger partial charge on any atom is 0.232 e. The van der Waals surface area contributed by atoms with E-state index in [9.17, 15) is 4.79 Å². The van der Waals surface area contributed by atoms with E-state index in [1.807, 2.05) is 13.8 Å². The molecule has 0 aliphatic heterocycles. The summed E-state index contributed by atoms with van der Waals surface area (Å²) in [5.41, 5.74) is 5.12. The van der Waals surface area contributed by atoms with Crippen LogP contribution in [0.1, 0.15) is 26.7 Å². The van der Waals surface area contributed by atoms with Crippen molar-refractivity contribution in [3.63, 3.8) is 0 Å². The first kappa shape index (κ1) is 10.0. The van der Waals surface area contributed by atoms with Crippen LogP contribution in [0.2, 0.25) is 0 Å². The molecule has 2 heteroatoms. The molecule has 0 bridgehead atoms. The Labute approximate surface area is 68.2 Å².